The highest BCUT2D eigenvalue weighted by molar-refractivity contribution is 14.1. The maximum Gasteiger partial charge on any atom is 0.214 e. The molecule has 1 aliphatic carbocycles. The number of halogens is 1. The number of hydrogen-bond acceptors (Lipinski definition) is 3. The molecule has 3 rings (SSSR count). The van der Waals surface area contributed by atoms with Crippen LogP contribution in [0.5, 0.6) is 5.88 Å². The SMILES string of the molecule is CC1(Oc2ccc3[nH]nc(I)c3n2)CC1. The number of ether oxygens (including phenoxy) is 1. The second kappa shape index (κ2) is 3.07. The third-order valence-corrected chi connectivity index (χ3v) is 3.40. The zero-order chi connectivity index (χ0) is 10.5. The molecule has 0 saturated heterocycles. The summed E-state index contributed by atoms with van der Waals surface area (Å²) in [6, 6.07) is 3.85. The Morgan fingerprint density at radius 2 is 2.27 bits per heavy atom. The van der Waals surface area contributed by atoms with Crippen LogP contribution < -0.4 is 4.74 Å². The van der Waals surface area contributed by atoms with Gasteiger partial charge in [-0.15, -0.1) is 0 Å². The third-order valence-electron chi connectivity index (χ3n) is 2.64. The first-order chi connectivity index (χ1) is 7.16. The summed E-state index contributed by atoms with van der Waals surface area (Å²) in [6.45, 7) is 2.11. The molecule has 1 aliphatic rings. The Hall–Kier alpha value is -0.850. The summed E-state index contributed by atoms with van der Waals surface area (Å²) in [4.78, 5) is 4.44. The fourth-order valence-corrected chi connectivity index (χ4v) is 1.97. The summed E-state index contributed by atoms with van der Waals surface area (Å²) in [7, 11) is 0. The van der Waals surface area contributed by atoms with Crippen molar-refractivity contribution in [2.75, 3.05) is 0 Å². The first kappa shape index (κ1) is 9.38. The monoisotopic (exact) mass is 315 g/mol. The highest BCUT2D eigenvalue weighted by Gasteiger charge is 2.40. The molecule has 2 heterocycles. The molecular weight excluding hydrogens is 305 g/mol. The molecule has 15 heavy (non-hydrogen) atoms. The molecule has 2 aromatic heterocycles. The van der Waals surface area contributed by atoms with Gasteiger partial charge in [0.15, 0.2) is 0 Å². The van der Waals surface area contributed by atoms with Crippen molar-refractivity contribution >= 4 is 33.6 Å². The zero-order valence-corrected chi connectivity index (χ0v) is 10.4. The number of hydrogen-bond donors (Lipinski definition) is 1. The van der Waals surface area contributed by atoms with Crippen LogP contribution in [0.15, 0.2) is 12.1 Å². The van der Waals surface area contributed by atoms with E-state index in [1.165, 1.54) is 0 Å². The fourth-order valence-electron chi connectivity index (χ4n) is 1.44. The van der Waals surface area contributed by atoms with Crippen LogP contribution in [-0.4, -0.2) is 20.8 Å². The smallest absolute Gasteiger partial charge is 0.214 e. The molecule has 0 spiro atoms. The van der Waals surface area contributed by atoms with E-state index >= 15 is 0 Å². The molecule has 0 atom stereocenters. The van der Waals surface area contributed by atoms with Crippen LogP contribution in [0, 0.1) is 3.70 Å². The molecule has 0 bridgehead atoms. The average Bonchev–Trinajstić information content (AvgIpc) is 2.82. The first-order valence-corrected chi connectivity index (χ1v) is 5.94. The normalized spacial score (nSPS) is 18.0. The van der Waals surface area contributed by atoms with E-state index in [0.717, 1.165) is 27.6 Å². The minimum atomic E-state index is 0.0237. The van der Waals surface area contributed by atoms with Gasteiger partial charge in [-0.05, 0) is 48.4 Å². The Bertz CT molecular complexity index is 518. The zero-order valence-electron chi connectivity index (χ0n) is 8.25. The highest BCUT2D eigenvalue weighted by Crippen LogP contribution is 2.39. The van der Waals surface area contributed by atoms with E-state index in [1.807, 2.05) is 12.1 Å². The summed E-state index contributed by atoms with van der Waals surface area (Å²) >= 11 is 2.16. The molecule has 2 aromatic rings. The van der Waals surface area contributed by atoms with E-state index in [2.05, 4.69) is 44.7 Å². The number of fused-ring (bicyclic) bond motifs is 1. The summed E-state index contributed by atoms with van der Waals surface area (Å²) in [5.74, 6) is 0.696. The number of rotatable bonds is 2. The number of nitrogens with one attached hydrogen (secondary N) is 1. The summed E-state index contributed by atoms with van der Waals surface area (Å²) in [5, 5.41) is 7.01. The molecule has 0 amide bonds. The van der Waals surface area contributed by atoms with E-state index in [9.17, 15) is 0 Å². The quantitative estimate of drug-likeness (QED) is 0.866. The van der Waals surface area contributed by atoms with Crippen LogP contribution in [0.4, 0.5) is 0 Å². The van der Waals surface area contributed by atoms with Crippen LogP contribution >= 0.6 is 22.6 Å². The topological polar surface area (TPSA) is 50.8 Å². The van der Waals surface area contributed by atoms with Gasteiger partial charge < -0.3 is 4.74 Å². The Morgan fingerprint density at radius 3 is 3.00 bits per heavy atom. The Balaban J connectivity index is 2.01. The van der Waals surface area contributed by atoms with E-state index < -0.39 is 0 Å². The molecule has 0 aliphatic heterocycles. The minimum absolute atomic E-state index is 0.0237. The predicted octanol–water partition coefficient (Wildman–Crippen LogP) is 2.49. The van der Waals surface area contributed by atoms with Gasteiger partial charge in [-0.25, -0.2) is 4.98 Å². The van der Waals surface area contributed by atoms with Gasteiger partial charge in [0.25, 0.3) is 0 Å². The molecule has 0 unspecified atom stereocenters. The van der Waals surface area contributed by atoms with Crippen molar-refractivity contribution in [1.82, 2.24) is 15.2 Å². The van der Waals surface area contributed by atoms with Crippen molar-refractivity contribution in [2.24, 2.45) is 0 Å². The van der Waals surface area contributed by atoms with E-state index in [1.54, 1.807) is 0 Å². The van der Waals surface area contributed by atoms with Gasteiger partial charge in [-0.3, -0.25) is 5.10 Å². The second-order valence-electron chi connectivity index (χ2n) is 4.11. The maximum absolute atomic E-state index is 5.79. The van der Waals surface area contributed by atoms with E-state index in [4.69, 9.17) is 4.74 Å². The predicted molar refractivity (Wildman–Crippen MR) is 64.9 cm³/mol. The Labute approximate surface area is 101 Å². The molecular formula is C10H10IN3O. The lowest BCUT2D eigenvalue weighted by Crippen LogP contribution is -2.12. The van der Waals surface area contributed by atoms with Gasteiger partial charge in [-0.2, -0.15) is 5.10 Å². The molecule has 4 nitrogen and oxygen atoms in total. The molecule has 1 fully saturated rings. The highest BCUT2D eigenvalue weighted by atomic mass is 127. The van der Waals surface area contributed by atoms with Crippen LogP contribution in [0.1, 0.15) is 19.8 Å². The molecule has 0 radical (unpaired) electrons. The van der Waals surface area contributed by atoms with Crippen molar-refractivity contribution in [3.8, 4) is 5.88 Å². The number of pyridine rings is 1. The fraction of sp³-hybridized carbons (Fsp3) is 0.400. The second-order valence-corrected chi connectivity index (χ2v) is 5.13. The van der Waals surface area contributed by atoms with Crippen LogP contribution in [0.2, 0.25) is 0 Å². The van der Waals surface area contributed by atoms with Crippen molar-refractivity contribution < 1.29 is 4.74 Å². The van der Waals surface area contributed by atoms with E-state index in [-0.39, 0.29) is 5.60 Å². The van der Waals surface area contributed by atoms with Crippen molar-refractivity contribution in [3.63, 3.8) is 0 Å². The maximum atomic E-state index is 5.79. The Morgan fingerprint density at radius 1 is 1.47 bits per heavy atom. The summed E-state index contributed by atoms with van der Waals surface area (Å²) in [6.07, 6.45) is 2.24. The number of nitrogens with zero attached hydrogens (tertiary/aromatic N) is 2. The first-order valence-electron chi connectivity index (χ1n) is 4.86. The lowest BCUT2D eigenvalue weighted by molar-refractivity contribution is 0.192. The largest absolute Gasteiger partial charge is 0.471 e. The Kier molecular flexibility index (Phi) is 1.92. The molecule has 1 N–H and O–H groups in total. The number of aromatic nitrogens is 3. The average molecular weight is 315 g/mol. The van der Waals surface area contributed by atoms with Gasteiger partial charge in [0.1, 0.15) is 14.8 Å². The van der Waals surface area contributed by atoms with Gasteiger partial charge >= 0.3 is 0 Å². The van der Waals surface area contributed by atoms with Crippen LogP contribution in [-0.2, 0) is 0 Å². The summed E-state index contributed by atoms with van der Waals surface area (Å²) < 4.78 is 6.67. The van der Waals surface area contributed by atoms with E-state index in [0.29, 0.717) is 5.88 Å². The van der Waals surface area contributed by atoms with Crippen molar-refractivity contribution in [3.05, 3.63) is 15.8 Å². The molecule has 5 heteroatoms. The lowest BCUT2D eigenvalue weighted by atomic mass is 10.4. The molecule has 0 aromatic carbocycles. The van der Waals surface area contributed by atoms with Crippen LogP contribution in [0.25, 0.3) is 11.0 Å². The molecule has 1 saturated carbocycles. The van der Waals surface area contributed by atoms with Crippen LogP contribution in [0.3, 0.4) is 0 Å². The summed E-state index contributed by atoms with van der Waals surface area (Å²) in [5.41, 5.74) is 1.86. The standard InChI is InChI=1S/C10H10IN3O/c1-10(4-5-10)15-7-3-2-6-8(12-7)9(11)14-13-6/h2-3H,4-5H2,1H3,(H,13,14). The lowest BCUT2D eigenvalue weighted by Gasteiger charge is -2.10. The third kappa shape index (κ3) is 1.68. The van der Waals surface area contributed by atoms with Gasteiger partial charge in [0.05, 0.1) is 5.52 Å². The van der Waals surface area contributed by atoms with Gasteiger partial charge in [-0.1, -0.05) is 0 Å². The number of aromatic amines is 1. The van der Waals surface area contributed by atoms with Gasteiger partial charge in [0.2, 0.25) is 5.88 Å². The van der Waals surface area contributed by atoms with Crippen molar-refractivity contribution in [2.45, 2.75) is 25.4 Å². The number of H-pyrrole nitrogens is 1. The van der Waals surface area contributed by atoms with Gasteiger partial charge in [0, 0.05) is 6.07 Å². The molecule has 78 valence electrons. The minimum Gasteiger partial charge on any atom is -0.471 e. The van der Waals surface area contributed by atoms with Crippen molar-refractivity contribution in [1.29, 1.82) is 0 Å².